The second-order valence-corrected chi connectivity index (χ2v) is 5.05. The van der Waals surface area contributed by atoms with Gasteiger partial charge in [0.15, 0.2) is 0 Å². The zero-order chi connectivity index (χ0) is 14.7. The van der Waals surface area contributed by atoms with Gasteiger partial charge in [-0.15, -0.1) is 0 Å². The zero-order valence-corrected chi connectivity index (χ0v) is 12.0. The molecule has 1 heterocycles. The van der Waals surface area contributed by atoms with Gasteiger partial charge in [0, 0.05) is 11.4 Å². The van der Waals surface area contributed by atoms with Crippen LogP contribution in [0.3, 0.4) is 0 Å². The van der Waals surface area contributed by atoms with Gasteiger partial charge in [0.25, 0.3) is 0 Å². The van der Waals surface area contributed by atoms with Crippen LogP contribution in [0.1, 0.15) is 24.9 Å². The van der Waals surface area contributed by atoms with Crippen LogP contribution < -0.4 is 10.5 Å². The Labute approximate surface area is 124 Å². The average Bonchev–Trinajstić information content (AvgIpc) is 2.55. The van der Waals surface area contributed by atoms with Crippen LogP contribution in [-0.4, -0.2) is 4.98 Å². The number of fused-ring (bicyclic) bond motifs is 1. The molecule has 0 saturated heterocycles. The van der Waals surface area contributed by atoms with E-state index in [4.69, 9.17) is 10.5 Å². The summed E-state index contributed by atoms with van der Waals surface area (Å²) in [6.45, 7) is 2.08. The first-order valence-electron chi connectivity index (χ1n) is 7.14. The number of hydrogen-bond acceptors (Lipinski definition) is 3. The normalized spacial score (nSPS) is 12.3. The summed E-state index contributed by atoms with van der Waals surface area (Å²) < 4.78 is 5.85. The smallest absolute Gasteiger partial charge is 0.146 e. The average molecular weight is 278 g/mol. The van der Waals surface area contributed by atoms with Crippen LogP contribution in [0.5, 0.6) is 11.5 Å². The fraction of sp³-hybridized carbons (Fsp3) is 0.167. The molecule has 0 unspecified atom stereocenters. The van der Waals surface area contributed by atoms with Gasteiger partial charge in [-0.25, -0.2) is 0 Å². The summed E-state index contributed by atoms with van der Waals surface area (Å²) in [5, 5.41) is 1.07. The molecule has 0 bridgehead atoms. The van der Waals surface area contributed by atoms with Gasteiger partial charge in [-0.3, -0.25) is 4.98 Å². The Hall–Kier alpha value is -2.39. The second-order valence-electron chi connectivity index (χ2n) is 5.05. The largest absolute Gasteiger partial charge is 0.456 e. The molecule has 0 radical (unpaired) electrons. The van der Waals surface area contributed by atoms with Gasteiger partial charge in [-0.05, 0) is 36.2 Å². The van der Waals surface area contributed by atoms with Crippen molar-refractivity contribution < 1.29 is 4.74 Å². The molecule has 3 aromatic rings. The van der Waals surface area contributed by atoms with Crippen LogP contribution in [0.25, 0.3) is 10.9 Å². The molecule has 0 fully saturated rings. The Morgan fingerprint density at radius 1 is 1.05 bits per heavy atom. The highest BCUT2D eigenvalue weighted by Crippen LogP contribution is 2.25. The molecule has 0 saturated carbocycles. The van der Waals surface area contributed by atoms with Crippen LogP contribution in [0, 0.1) is 0 Å². The first kappa shape index (κ1) is 13.6. The molecule has 0 amide bonds. The fourth-order valence-corrected chi connectivity index (χ4v) is 2.26. The van der Waals surface area contributed by atoms with E-state index in [0.717, 1.165) is 34.4 Å². The molecule has 1 atom stereocenters. The van der Waals surface area contributed by atoms with Crippen molar-refractivity contribution in [3.05, 3.63) is 66.4 Å². The van der Waals surface area contributed by atoms with Gasteiger partial charge in [-0.2, -0.15) is 0 Å². The Bertz CT molecular complexity index is 738. The number of hydrogen-bond donors (Lipinski definition) is 1. The minimum absolute atomic E-state index is 0.0846. The van der Waals surface area contributed by atoms with Gasteiger partial charge in [-0.1, -0.05) is 37.3 Å². The van der Waals surface area contributed by atoms with Gasteiger partial charge in [0.05, 0.1) is 11.7 Å². The van der Waals surface area contributed by atoms with E-state index in [1.54, 1.807) is 6.20 Å². The zero-order valence-electron chi connectivity index (χ0n) is 12.0. The maximum Gasteiger partial charge on any atom is 0.146 e. The molecule has 2 aromatic carbocycles. The molecule has 3 heteroatoms. The summed E-state index contributed by atoms with van der Waals surface area (Å²) in [6, 6.07) is 18.0. The van der Waals surface area contributed by atoms with E-state index in [1.165, 1.54) is 0 Å². The minimum atomic E-state index is 0.0846. The van der Waals surface area contributed by atoms with Crippen LogP contribution >= 0.6 is 0 Å². The van der Waals surface area contributed by atoms with Crippen LogP contribution in [0.2, 0.25) is 0 Å². The summed E-state index contributed by atoms with van der Waals surface area (Å²) in [5.74, 6) is 1.53. The quantitative estimate of drug-likeness (QED) is 0.767. The predicted molar refractivity (Wildman–Crippen MR) is 85.5 cm³/mol. The highest BCUT2D eigenvalue weighted by atomic mass is 16.5. The summed E-state index contributed by atoms with van der Waals surface area (Å²) in [4.78, 5) is 4.39. The molecule has 0 aliphatic heterocycles. The van der Waals surface area contributed by atoms with E-state index in [1.807, 2.05) is 54.6 Å². The summed E-state index contributed by atoms with van der Waals surface area (Å²) in [5.41, 5.74) is 8.10. The van der Waals surface area contributed by atoms with Crippen LogP contribution in [0.4, 0.5) is 0 Å². The number of nitrogens with two attached hydrogens (primary N) is 1. The van der Waals surface area contributed by atoms with Gasteiger partial charge in [0.2, 0.25) is 0 Å². The van der Waals surface area contributed by atoms with Crippen molar-refractivity contribution >= 4 is 10.9 Å². The van der Waals surface area contributed by atoms with E-state index in [0.29, 0.717) is 0 Å². The molecule has 2 N–H and O–H groups in total. The predicted octanol–water partition coefficient (Wildman–Crippen LogP) is 4.44. The number of rotatable bonds is 4. The lowest BCUT2D eigenvalue weighted by Gasteiger charge is -2.11. The third-order valence-corrected chi connectivity index (χ3v) is 3.55. The summed E-state index contributed by atoms with van der Waals surface area (Å²) in [7, 11) is 0. The van der Waals surface area contributed by atoms with Crippen molar-refractivity contribution in [2.75, 3.05) is 0 Å². The first-order chi connectivity index (χ1) is 10.3. The molecule has 3 rings (SSSR count). The van der Waals surface area contributed by atoms with Crippen LogP contribution in [-0.2, 0) is 0 Å². The SMILES string of the molecule is CC[C@@H](N)c1ccc(Oc2cnc3ccccc3c2)cc1. The monoisotopic (exact) mass is 278 g/mol. The van der Waals surface area contributed by atoms with Crippen molar-refractivity contribution in [2.24, 2.45) is 5.73 Å². The molecular weight excluding hydrogens is 260 g/mol. The third-order valence-electron chi connectivity index (χ3n) is 3.55. The Balaban J connectivity index is 1.81. The van der Waals surface area contributed by atoms with E-state index in [9.17, 15) is 0 Å². The lowest BCUT2D eigenvalue weighted by atomic mass is 10.1. The molecule has 3 nitrogen and oxygen atoms in total. The number of ether oxygens (including phenoxy) is 1. The van der Waals surface area contributed by atoms with Gasteiger partial charge in [0.1, 0.15) is 11.5 Å². The van der Waals surface area contributed by atoms with Crippen molar-refractivity contribution in [3.63, 3.8) is 0 Å². The summed E-state index contributed by atoms with van der Waals surface area (Å²) >= 11 is 0. The maximum absolute atomic E-state index is 6.01. The Morgan fingerprint density at radius 3 is 2.57 bits per heavy atom. The lowest BCUT2D eigenvalue weighted by molar-refractivity contribution is 0.481. The maximum atomic E-state index is 6.01. The number of benzene rings is 2. The standard InChI is InChI=1S/C18H18N2O/c1-2-17(19)13-7-9-15(10-8-13)21-16-11-14-5-3-4-6-18(14)20-12-16/h3-12,17H,2,19H2,1H3/t17-/m1/s1. The number of para-hydroxylation sites is 1. The molecule has 21 heavy (non-hydrogen) atoms. The first-order valence-corrected chi connectivity index (χ1v) is 7.14. The number of pyridine rings is 1. The van der Waals surface area contributed by atoms with E-state index >= 15 is 0 Å². The van der Waals surface area contributed by atoms with E-state index in [-0.39, 0.29) is 6.04 Å². The van der Waals surface area contributed by atoms with Crippen molar-refractivity contribution in [1.82, 2.24) is 4.98 Å². The third kappa shape index (κ3) is 3.03. The summed E-state index contributed by atoms with van der Waals surface area (Å²) in [6.07, 6.45) is 2.67. The molecule has 0 spiro atoms. The molecule has 106 valence electrons. The van der Waals surface area contributed by atoms with Gasteiger partial charge < -0.3 is 10.5 Å². The van der Waals surface area contributed by atoms with E-state index in [2.05, 4.69) is 11.9 Å². The van der Waals surface area contributed by atoms with Crippen LogP contribution in [0.15, 0.2) is 60.8 Å². The van der Waals surface area contributed by atoms with E-state index < -0.39 is 0 Å². The molecule has 0 aliphatic rings. The number of aromatic nitrogens is 1. The lowest BCUT2D eigenvalue weighted by Crippen LogP contribution is -2.07. The van der Waals surface area contributed by atoms with Crippen molar-refractivity contribution in [1.29, 1.82) is 0 Å². The highest BCUT2D eigenvalue weighted by Gasteiger charge is 2.04. The Kier molecular flexibility index (Phi) is 3.84. The topological polar surface area (TPSA) is 48.1 Å². The fourth-order valence-electron chi connectivity index (χ4n) is 2.26. The number of nitrogens with zero attached hydrogens (tertiary/aromatic N) is 1. The minimum Gasteiger partial charge on any atom is -0.456 e. The Morgan fingerprint density at radius 2 is 1.81 bits per heavy atom. The van der Waals surface area contributed by atoms with Crippen molar-refractivity contribution in [3.8, 4) is 11.5 Å². The molecular formula is C18H18N2O. The molecule has 0 aliphatic carbocycles. The van der Waals surface area contributed by atoms with Crippen molar-refractivity contribution in [2.45, 2.75) is 19.4 Å². The van der Waals surface area contributed by atoms with Gasteiger partial charge >= 0.3 is 0 Å². The molecule has 1 aromatic heterocycles. The highest BCUT2D eigenvalue weighted by molar-refractivity contribution is 5.79. The second kappa shape index (κ2) is 5.94.